The summed E-state index contributed by atoms with van der Waals surface area (Å²) in [5, 5.41) is 18.4. The molecule has 0 fully saturated rings. The third kappa shape index (κ3) is 2.82. The molecule has 8 nitrogen and oxygen atoms in total. The number of phenolic OH excluding ortho intramolecular Hbond substituents is 1. The van der Waals surface area contributed by atoms with Gasteiger partial charge in [0.1, 0.15) is 5.75 Å². The van der Waals surface area contributed by atoms with Gasteiger partial charge in [-0.1, -0.05) is 0 Å². The van der Waals surface area contributed by atoms with Crippen molar-refractivity contribution in [3.05, 3.63) is 50.7 Å². The molecule has 18 heavy (non-hydrogen) atoms. The van der Waals surface area contributed by atoms with E-state index in [9.17, 15) is 9.59 Å². The van der Waals surface area contributed by atoms with E-state index in [-0.39, 0.29) is 11.6 Å². The van der Waals surface area contributed by atoms with Gasteiger partial charge in [-0.25, -0.2) is 9.89 Å². The highest BCUT2D eigenvalue weighted by atomic mass is 16.3. The Morgan fingerprint density at radius 3 is 2.67 bits per heavy atom. The lowest BCUT2D eigenvalue weighted by Crippen LogP contribution is -2.25. The second-order valence-corrected chi connectivity index (χ2v) is 3.32. The summed E-state index contributed by atoms with van der Waals surface area (Å²) in [6.45, 7) is 0. The van der Waals surface area contributed by atoms with E-state index in [1.807, 2.05) is 4.98 Å². The number of aromatic amines is 2. The smallest absolute Gasteiger partial charge is 0.342 e. The number of rotatable bonds is 3. The first-order chi connectivity index (χ1) is 8.65. The number of hydrogen-bond acceptors (Lipinski definition) is 6. The van der Waals surface area contributed by atoms with Crippen LogP contribution in [-0.2, 0) is 0 Å². The van der Waals surface area contributed by atoms with Crippen LogP contribution < -0.4 is 16.7 Å². The molecule has 0 aliphatic rings. The van der Waals surface area contributed by atoms with E-state index in [1.54, 1.807) is 12.1 Å². The summed E-state index contributed by atoms with van der Waals surface area (Å²) >= 11 is 0. The van der Waals surface area contributed by atoms with Gasteiger partial charge in [-0.3, -0.25) is 15.2 Å². The van der Waals surface area contributed by atoms with E-state index in [1.165, 1.54) is 18.3 Å². The van der Waals surface area contributed by atoms with Crippen LogP contribution in [0.2, 0.25) is 0 Å². The molecule has 2 rings (SSSR count). The number of aromatic nitrogens is 3. The molecule has 1 heterocycles. The van der Waals surface area contributed by atoms with Crippen molar-refractivity contribution < 1.29 is 5.11 Å². The predicted octanol–water partition coefficient (Wildman–Crippen LogP) is -0.390. The molecule has 0 aliphatic carbocycles. The normalized spacial score (nSPS) is 10.7. The number of nitrogens with one attached hydrogen (secondary N) is 3. The van der Waals surface area contributed by atoms with Crippen molar-refractivity contribution >= 4 is 12.0 Å². The lowest BCUT2D eigenvalue weighted by Gasteiger charge is -1.96. The Kier molecular flexibility index (Phi) is 3.19. The first-order valence-electron chi connectivity index (χ1n) is 4.92. The van der Waals surface area contributed by atoms with E-state index < -0.39 is 11.2 Å². The Balaban J connectivity index is 2.09. The standard InChI is InChI=1S/C10H9N5O3/c16-7-3-1-6(2-4-7)5-11-13-8-9(17)12-10(18)15-14-8/h1-5,16H,(H,13,14)(H2,12,15,17,18). The van der Waals surface area contributed by atoms with Gasteiger partial charge in [0.25, 0.3) is 5.56 Å². The van der Waals surface area contributed by atoms with Crippen LogP contribution in [0.1, 0.15) is 5.56 Å². The van der Waals surface area contributed by atoms with Gasteiger partial charge < -0.3 is 5.11 Å². The highest BCUT2D eigenvalue weighted by molar-refractivity contribution is 5.80. The van der Waals surface area contributed by atoms with Gasteiger partial charge in [0.05, 0.1) is 6.21 Å². The Hall–Kier alpha value is -2.90. The van der Waals surface area contributed by atoms with E-state index in [2.05, 4.69) is 20.7 Å². The van der Waals surface area contributed by atoms with Crippen molar-refractivity contribution in [2.75, 3.05) is 5.43 Å². The molecule has 0 saturated carbocycles. The molecule has 0 atom stereocenters. The van der Waals surface area contributed by atoms with Gasteiger partial charge in [0.2, 0.25) is 5.82 Å². The number of anilines is 1. The van der Waals surface area contributed by atoms with Crippen molar-refractivity contribution in [3.63, 3.8) is 0 Å². The Morgan fingerprint density at radius 1 is 1.28 bits per heavy atom. The largest absolute Gasteiger partial charge is 0.508 e. The van der Waals surface area contributed by atoms with Crippen LogP contribution in [0.4, 0.5) is 5.82 Å². The SMILES string of the molecule is O=c1[nH]nc(NN=Cc2ccc(O)cc2)c(=O)[nH]1. The van der Waals surface area contributed by atoms with Crippen molar-refractivity contribution in [2.24, 2.45) is 5.10 Å². The molecule has 0 unspecified atom stereocenters. The second kappa shape index (κ2) is 4.95. The summed E-state index contributed by atoms with van der Waals surface area (Å²) in [5.74, 6) is 0.0310. The summed E-state index contributed by atoms with van der Waals surface area (Å²) in [5.41, 5.74) is 1.76. The summed E-state index contributed by atoms with van der Waals surface area (Å²) in [4.78, 5) is 23.9. The van der Waals surface area contributed by atoms with Gasteiger partial charge in [-0.05, 0) is 29.8 Å². The lowest BCUT2D eigenvalue weighted by molar-refractivity contribution is 0.475. The van der Waals surface area contributed by atoms with Crippen LogP contribution in [-0.4, -0.2) is 26.5 Å². The minimum Gasteiger partial charge on any atom is -0.508 e. The molecular formula is C10H9N5O3. The molecule has 92 valence electrons. The van der Waals surface area contributed by atoms with Crippen LogP contribution in [0, 0.1) is 0 Å². The fourth-order valence-corrected chi connectivity index (χ4v) is 1.15. The summed E-state index contributed by atoms with van der Waals surface area (Å²) < 4.78 is 0. The maximum atomic E-state index is 11.2. The zero-order chi connectivity index (χ0) is 13.0. The molecule has 0 aliphatic heterocycles. The van der Waals surface area contributed by atoms with Crippen LogP contribution in [0.5, 0.6) is 5.75 Å². The lowest BCUT2D eigenvalue weighted by atomic mass is 10.2. The molecule has 0 amide bonds. The van der Waals surface area contributed by atoms with E-state index in [4.69, 9.17) is 5.11 Å². The molecule has 0 saturated heterocycles. The van der Waals surface area contributed by atoms with E-state index in [0.717, 1.165) is 5.56 Å². The Bertz CT molecular complexity index is 671. The number of hydrazone groups is 1. The van der Waals surface area contributed by atoms with Gasteiger partial charge in [-0.2, -0.15) is 5.10 Å². The quantitative estimate of drug-likeness (QED) is 0.434. The topological polar surface area (TPSA) is 123 Å². The molecule has 0 bridgehead atoms. The average Bonchev–Trinajstić information content (AvgIpc) is 2.34. The molecule has 1 aromatic carbocycles. The summed E-state index contributed by atoms with van der Waals surface area (Å²) in [7, 11) is 0. The predicted molar refractivity (Wildman–Crippen MR) is 64.8 cm³/mol. The third-order valence-electron chi connectivity index (χ3n) is 1.99. The molecule has 4 N–H and O–H groups in total. The Morgan fingerprint density at radius 2 is 2.00 bits per heavy atom. The van der Waals surface area contributed by atoms with Crippen molar-refractivity contribution in [1.29, 1.82) is 0 Å². The van der Waals surface area contributed by atoms with Crippen LogP contribution in [0.3, 0.4) is 0 Å². The van der Waals surface area contributed by atoms with Crippen molar-refractivity contribution in [3.8, 4) is 5.75 Å². The first kappa shape index (κ1) is 11.6. The van der Waals surface area contributed by atoms with Crippen LogP contribution in [0.25, 0.3) is 0 Å². The molecule has 8 heteroatoms. The van der Waals surface area contributed by atoms with Crippen molar-refractivity contribution in [1.82, 2.24) is 15.2 Å². The van der Waals surface area contributed by atoms with Gasteiger partial charge in [0.15, 0.2) is 0 Å². The molecule has 2 aromatic rings. The summed E-state index contributed by atoms with van der Waals surface area (Å²) in [6, 6.07) is 6.30. The zero-order valence-corrected chi connectivity index (χ0v) is 9.04. The number of nitrogens with zero attached hydrogens (tertiary/aromatic N) is 2. The summed E-state index contributed by atoms with van der Waals surface area (Å²) in [6.07, 6.45) is 1.44. The van der Waals surface area contributed by atoms with Gasteiger partial charge in [-0.15, -0.1) is 5.10 Å². The maximum absolute atomic E-state index is 11.2. The number of aromatic hydroxyl groups is 1. The average molecular weight is 247 g/mol. The maximum Gasteiger partial charge on any atom is 0.342 e. The molecule has 0 radical (unpaired) electrons. The third-order valence-corrected chi connectivity index (χ3v) is 1.99. The van der Waals surface area contributed by atoms with Gasteiger partial charge in [0, 0.05) is 0 Å². The van der Waals surface area contributed by atoms with Crippen LogP contribution >= 0.6 is 0 Å². The number of phenols is 1. The number of benzene rings is 1. The highest BCUT2D eigenvalue weighted by Gasteiger charge is 1.98. The number of hydrogen-bond donors (Lipinski definition) is 4. The van der Waals surface area contributed by atoms with E-state index >= 15 is 0 Å². The second-order valence-electron chi connectivity index (χ2n) is 3.32. The number of H-pyrrole nitrogens is 2. The fourth-order valence-electron chi connectivity index (χ4n) is 1.15. The molecule has 1 aromatic heterocycles. The first-order valence-corrected chi connectivity index (χ1v) is 4.92. The monoisotopic (exact) mass is 247 g/mol. The zero-order valence-electron chi connectivity index (χ0n) is 9.04. The Labute approximate surface area is 100 Å². The fraction of sp³-hybridized carbons (Fsp3) is 0. The van der Waals surface area contributed by atoms with Crippen molar-refractivity contribution in [2.45, 2.75) is 0 Å². The molecular weight excluding hydrogens is 238 g/mol. The minimum absolute atomic E-state index is 0.121. The minimum atomic E-state index is -0.687. The van der Waals surface area contributed by atoms with Gasteiger partial charge >= 0.3 is 5.69 Å². The molecule has 0 spiro atoms. The van der Waals surface area contributed by atoms with E-state index in [0.29, 0.717) is 0 Å². The highest BCUT2D eigenvalue weighted by Crippen LogP contribution is 2.07. The van der Waals surface area contributed by atoms with Crippen LogP contribution in [0.15, 0.2) is 39.0 Å².